The molecule has 0 aliphatic carbocycles. The molecule has 1 heteroatoms. The van der Waals surface area contributed by atoms with Gasteiger partial charge in [-0.2, -0.15) is 11.8 Å². The Labute approximate surface area is 75.1 Å². The normalized spacial score (nSPS) is 10.5. The summed E-state index contributed by atoms with van der Waals surface area (Å²) in [6.07, 6.45) is 4.51. The van der Waals surface area contributed by atoms with Crippen LogP contribution in [0.1, 0.15) is 33.6 Å². The van der Waals surface area contributed by atoms with E-state index in [1.807, 2.05) is 0 Å². The van der Waals surface area contributed by atoms with Crippen molar-refractivity contribution < 1.29 is 0 Å². The van der Waals surface area contributed by atoms with Gasteiger partial charge in [0, 0.05) is 5.41 Å². The van der Waals surface area contributed by atoms with Gasteiger partial charge in [-0.25, -0.2) is 0 Å². The van der Waals surface area contributed by atoms with Crippen LogP contribution >= 0.6 is 11.8 Å². The standard InChI is InChI=1S/C10H18S/c1-5-7-10(2,3)8-6-9-11-4/h5,7,9H2,1-4H3. The van der Waals surface area contributed by atoms with E-state index in [2.05, 4.69) is 38.9 Å². The summed E-state index contributed by atoms with van der Waals surface area (Å²) in [5.41, 5.74) is 0.227. The molecule has 0 saturated heterocycles. The Balaban J connectivity index is 3.81. The molecule has 0 radical (unpaired) electrons. The smallest absolute Gasteiger partial charge is 0.0544 e. The van der Waals surface area contributed by atoms with Gasteiger partial charge in [0.15, 0.2) is 0 Å². The monoisotopic (exact) mass is 170 g/mol. The second-order valence-electron chi connectivity index (χ2n) is 3.37. The van der Waals surface area contributed by atoms with E-state index in [9.17, 15) is 0 Å². The maximum Gasteiger partial charge on any atom is 0.0544 e. The van der Waals surface area contributed by atoms with Crippen LogP contribution in [0.5, 0.6) is 0 Å². The molecule has 0 atom stereocenters. The highest BCUT2D eigenvalue weighted by molar-refractivity contribution is 7.98. The van der Waals surface area contributed by atoms with Crippen LogP contribution in [0.2, 0.25) is 0 Å². The van der Waals surface area contributed by atoms with Crippen molar-refractivity contribution in [3.05, 3.63) is 0 Å². The Morgan fingerprint density at radius 3 is 2.45 bits per heavy atom. The number of thioether (sulfide) groups is 1. The van der Waals surface area contributed by atoms with Gasteiger partial charge in [-0.15, -0.1) is 0 Å². The maximum absolute atomic E-state index is 3.29. The van der Waals surface area contributed by atoms with Crippen LogP contribution in [0.15, 0.2) is 0 Å². The predicted molar refractivity (Wildman–Crippen MR) is 54.8 cm³/mol. The molecular weight excluding hydrogens is 152 g/mol. The number of hydrogen-bond acceptors (Lipinski definition) is 1. The second-order valence-corrected chi connectivity index (χ2v) is 4.23. The van der Waals surface area contributed by atoms with Gasteiger partial charge < -0.3 is 0 Å². The highest BCUT2D eigenvalue weighted by Gasteiger charge is 2.11. The van der Waals surface area contributed by atoms with Crippen molar-refractivity contribution in [3.63, 3.8) is 0 Å². The summed E-state index contributed by atoms with van der Waals surface area (Å²) in [5.74, 6) is 7.43. The van der Waals surface area contributed by atoms with Gasteiger partial charge in [0.25, 0.3) is 0 Å². The molecule has 0 aliphatic rings. The zero-order valence-corrected chi connectivity index (χ0v) is 8.85. The van der Waals surface area contributed by atoms with Gasteiger partial charge in [0.1, 0.15) is 0 Å². The molecule has 0 fully saturated rings. The van der Waals surface area contributed by atoms with Crippen LogP contribution in [-0.4, -0.2) is 12.0 Å². The van der Waals surface area contributed by atoms with Crippen molar-refractivity contribution in [2.75, 3.05) is 12.0 Å². The van der Waals surface area contributed by atoms with Gasteiger partial charge in [0.05, 0.1) is 5.75 Å². The Bertz CT molecular complexity index is 148. The molecule has 0 N–H and O–H groups in total. The van der Waals surface area contributed by atoms with Crippen LogP contribution in [0.4, 0.5) is 0 Å². The minimum absolute atomic E-state index is 0.227. The molecule has 0 bridgehead atoms. The largest absolute Gasteiger partial charge is 0.152 e. The minimum Gasteiger partial charge on any atom is -0.152 e. The van der Waals surface area contributed by atoms with Gasteiger partial charge in [-0.1, -0.05) is 25.2 Å². The van der Waals surface area contributed by atoms with Gasteiger partial charge in [-0.05, 0) is 26.5 Å². The molecule has 0 saturated carbocycles. The molecule has 0 spiro atoms. The highest BCUT2D eigenvalue weighted by atomic mass is 32.2. The minimum atomic E-state index is 0.227. The lowest BCUT2D eigenvalue weighted by molar-refractivity contribution is 0.452. The summed E-state index contributed by atoms with van der Waals surface area (Å²) in [4.78, 5) is 0. The van der Waals surface area contributed by atoms with Gasteiger partial charge in [0.2, 0.25) is 0 Å². The second kappa shape index (κ2) is 5.55. The average Bonchev–Trinajstić information content (AvgIpc) is 1.87. The SMILES string of the molecule is CCCC(C)(C)C#CCSC. The summed E-state index contributed by atoms with van der Waals surface area (Å²) in [7, 11) is 0. The van der Waals surface area contributed by atoms with Crippen LogP contribution in [0, 0.1) is 17.3 Å². The quantitative estimate of drug-likeness (QED) is 0.586. The molecule has 0 nitrogen and oxygen atoms in total. The number of rotatable bonds is 3. The van der Waals surface area contributed by atoms with Gasteiger partial charge in [-0.3, -0.25) is 0 Å². The summed E-state index contributed by atoms with van der Waals surface area (Å²) >= 11 is 1.79. The number of hydrogen-bond donors (Lipinski definition) is 0. The molecule has 0 heterocycles. The fourth-order valence-corrected chi connectivity index (χ4v) is 1.25. The molecule has 0 aromatic heterocycles. The zero-order chi connectivity index (χ0) is 8.74. The van der Waals surface area contributed by atoms with E-state index in [0.717, 1.165) is 5.75 Å². The Hall–Kier alpha value is -0.0900. The molecule has 11 heavy (non-hydrogen) atoms. The fraction of sp³-hybridized carbons (Fsp3) is 0.800. The van der Waals surface area contributed by atoms with Crippen molar-refractivity contribution in [1.82, 2.24) is 0 Å². The average molecular weight is 170 g/mol. The Kier molecular flexibility index (Phi) is 5.50. The first kappa shape index (κ1) is 10.9. The van der Waals surface area contributed by atoms with Crippen LogP contribution in [-0.2, 0) is 0 Å². The first-order valence-corrected chi connectivity index (χ1v) is 5.50. The molecule has 0 rings (SSSR count). The van der Waals surface area contributed by atoms with Crippen molar-refractivity contribution in [2.24, 2.45) is 5.41 Å². The zero-order valence-electron chi connectivity index (χ0n) is 8.03. The predicted octanol–water partition coefficient (Wildman–Crippen LogP) is 3.18. The molecule has 0 aromatic rings. The fourth-order valence-electron chi connectivity index (χ4n) is 1.04. The third kappa shape index (κ3) is 6.31. The molecule has 0 aromatic carbocycles. The van der Waals surface area contributed by atoms with E-state index in [1.54, 1.807) is 11.8 Å². The maximum atomic E-state index is 3.29. The molecule has 0 amide bonds. The van der Waals surface area contributed by atoms with Crippen molar-refractivity contribution >= 4 is 11.8 Å². The van der Waals surface area contributed by atoms with E-state index >= 15 is 0 Å². The Morgan fingerprint density at radius 2 is 2.00 bits per heavy atom. The first-order chi connectivity index (χ1) is 5.12. The van der Waals surface area contributed by atoms with E-state index in [1.165, 1.54) is 12.8 Å². The van der Waals surface area contributed by atoms with E-state index in [0.29, 0.717) is 0 Å². The molecule has 64 valence electrons. The third-order valence-electron chi connectivity index (χ3n) is 1.52. The third-order valence-corrected chi connectivity index (χ3v) is 1.95. The van der Waals surface area contributed by atoms with E-state index in [4.69, 9.17) is 0 Å². The summed E-state index contributed by atoms with van der Waals surface area (Å²) in [6.45, 7) is 6.63. The van der Waals surface area contributed by atoms with Crippen molar-refractivity contribution in [2.45, 2.75) is 33.6 Å². The van der Waals surface area contributed by atoms with E-state index < -0.39 is 0 Å². The summed E-state index contributed by atoms with van der Waals surface area (Å²) in [6, 6.07) is 0. The topological polar surface area (TPSA) is 0 Å². The summed E-state index contributed by atoms with van der Waals surface area (Å²) in [5, 5.41) is 0. The summed E-state index contributed by atoms with van der Waals surface area (Å²) < 4.78 is 0. The molecular formula is C10H18S. The lowest BCUT2D eigenvalue weighted by Crippen LogP contribution is -2.06. The van der Waals surface area contributed by atoms with Gasteiger partial charge >= 0.3 is 0 Å². The lowest BCUT2D eigenvalue weighted by atomic mass is 9.89. The van der Waals surface area contributed by atoms with Crippen molar-refractivity contribution in [3.8, 4) is 11.8 Å². The first-order valence-electron chi connectivity index (χ1n) is 4.11. The van der Waals surface area contributed by atoms with Crippen LogP contribution < -0.4 is 0 Å². The van der Waals surface area contributed by atoms with Crippen LogP contribution in [0.3, 0.4) is 0 Å². The molecule has 0 aliphatic heterocycles. The lowest BCUT2D eigenvalue weighted by Gasteiger charge is -2.15. The Morgan fingerprint density at radius 1 is 1.36 bits per heavy atom. The van der Waals surface area contributed by atoms with E-state index in [-0.39, 0.29) is 5.41 Å². The van der Waals surface area contributed by atoms with Crippen molar-refractivity contribution in [1.29, 1.82) is 0 Å². The van der Waals surface area contributed by atoms with Crippen LogP contribution in [0.25, 0.3) is 0 Å². The highest BCUT2D eigenvalue weighted by Crippen LogP contribution is 2.20. The molecule has 0 unspecified atom stereocenters.